The minimum atomic E-state index is -0.176. The van der Waals surface area contributed by atoms with E-state index < -0.39 is 0 Å². The van der Waals surface area contributed by atoms with Gasteiger partial charge in [-0.1, -0.05) is 126 Å². The average Bonchev–Trinajstić information content (AvgIpc) is 3.86. The summed E-state index contributed by atoms with van der Waals surface area (Å²) in [5, 5.41) is 34.6. The van der Waals surface area contributed by atoms with Crippen LogP contribution in [0.15, 0.2) is 170 Å². The molecule has 4 heteroatoms. The third kappa shape index (κ3) is 5.71. The molecule has 68 heavy (non-hydrogen) atoms. The molecule has 0 aliphatic rings. The fraction of sp³-hybridized carbons (Fsp3) is 0.125. The molecule has 322 valence electrons. The number of benzene rings is 11. The number of nitriles is 2. The van der Waals surface area contributed by atoms with Gasteiger partial charge in [-0.2, -0.15) is 10.5 Å². The van der Waals surface area contributed by atoms with Crippen molar-refractivity contribution in [1.82, 2.24) is 9.13 Å². The molecule has 0 saturated heterocycles. The zero-order valence-corrected chi connectivity index (χ0v) is 39.0. The quantitative estimate of drug-likeness (QED) is 0.131. The molecule has 0 bridgehead atoms. The summed E-state index contributed by atoms with van der Waals surface area (Å²) in [4.78, 5) is 0. The molecule has 0 fully saturated rings. The van der Waals surface area contributed by atoms with Crippen molar-refractivity contribution >= 4 is 86.7 Å². The van der Waals surface area contributed by atoms with Crippen LogP contribution < -0.4 is 0 Å². The number of rotatable bonds is 4. The summed E-state index contributed by atoms with van der Waals surface area (Å²) >= 11 is 0. The van der Waals surface area contributed by atoms with Gasteiger partial charge in [-0.05, 0) is 172 Å². The molecule has 0 saturated carbocycles. The van der Waals surface area contributed by atoms with Gasteiger partial charge in [-0.25, -0.2) is 0 Å². The van der Waals surface area contributed by atoms with E-state index in [9.17, 15) is 10.5 Å². The van der Waals surface area contributed by atoms with E-state index in [1.54, 1.807) is 0 Å². The van der Waals surface area contributed by atoms with E-state index in [0.717, 1.165) is 55.3 Å². The van der Waals surface area contributed by atoms with Crippen molar-refractivity contribution in [3.8, 4) is 45.8 Å². The summed E-state index contributed by atoms with van der Waals surface area (Å²) < 4.78 is 4.68. The molecule has 2 heterocycles. The second-order valence-electron chi connectivity index (χ2n) is 20.8. The van der Waals surface area contributed by atoms with Gasteiger partial charge in [0.2, 0.25) is 0 Å². The van der Waals surface area contributed by atoms with E-state index in [-0.39, 0.29) is 10.8 Å². The third-order valence-corrected chi connectivity index (χ3v) is 14.5. The first kappa shape index (κ1) is 39.9. The second kappa shape index (κ2) is 14.0. The topological polar surface area (TPSA) is 57.4 Å². The van der Waals surface area contributed by atoms with Crippen molar-refractivity contribution in [2.45, 2.75) is 52.4 Å². The molecule has 11 aromatic carbocycles. The first-order valence-corrected chi connectivity index (χ1v) is 23.5. The lowest BCUT2D eigenvalue weighted by atomic mass is 9.73. The van der Waals surface area contributed by atoms with Gasteiger partial charge in [-0.15, -0.1) is 0 Å². The molecular formula is C64H46N4. The van der Waals surface area contributed by atoms with Crippen LogP contribution >= 0.6 is 0 Å². The highest BCUT2D eigenvalue weighted by atomic mass is 15.0. The van der Waals surface area contributed by atoms with Gasteiger partial charge < -0.3 is 9.13 Å². The van der Waals surface area contributed by atoms with Crippen molar-refractivity contribution in [3.63, 3.8) is 0 Å². The van der Waals surface area contributed by atoms with E-state index in [0.29, 0.717) is 11.1 Å². The summed E-state index contributed by atoms with van der Waals surface area (Å²) in [5.74, 6) is 0. The van der Waals surface area contributed by atoms with Crippen molar-refractivity contribution in [2.24, 2.45) is 0 Å². The van der Waals surface area contributed by atoms with Crippen LogP contribution in [-0.4, -0.2) is 9.13 Å². The summed E-state index contributed by atoms with van der Waals surface area (Å²) in [6.07, 6.45) is 0. The van der Waals surface area contributed by atoms with Crippen LogP contribution in [0.2, 0.25) is 0 Å². The van der Waals surface area contributed by atoms with Crippen LogP contribution in [0.3, 0.4) is 0 Å². The van der Waals surface area contributed by atoms with Crippen molar-refractivity contribution in [1.29, 1.82) is 10.5 Å². The summed E-state index contributed by atoms with van der Waals surface area (Å²) in [6, 6.07) is 66.6. The highest BCUT2D eigenvalue weighted by Crippen LogP contribution is 2.48. The van der Waals surface area contributed by atoms with Crippen LogP contribution in [0.5, 0.6) is 0 Å². The predicted octanol–water partition coefficient (Wildman–Crippen LogP) is 17.0. The van der Waals surface area contributed by atoms with E-state index in [1.165, 1.54) is 76.1 Å². The predicted molar refractivity (Wildman–Crippen MR) is 285 cm³/mol. The largest absolute Gasteiger partial charge is 0.309 e. The SMILES string of the molecule is CC(C)(C)c1c2ccc(-c3cc4ccc5cc(C#N)cc6c5c4c(c3)n6-c3ccccc3)cc2c(C(C)(C)C)c2ccc(-c3cc4ccc5cc(C#N)cc6c5c4c(c3)n6-c3ccccc3)cc12. The minimum Gasteiger partial charge on any atom is -0.309 e. The number of fused-ring (bicyclic) bond motifs is 2. The van der Waals surface area contributed by atoms with Crippen LogP contribution in [-0.2, 0) is 10.8 Å². The summed E-state index contributed by atoms with van der Waals surface area (Å²) in [7, 11) is 0. The molecule has 0 aliphatic carbocycles. The molecule has 0 aliphatic heterocycles. The molecule has 0 spiro atoms. The summed E-state index contributed by atoms with van der Waals surface area (Å²) in [6.45, 7) is 14.1. The summed E-state index contributed by atoms with van der Waals surface area (Å²) in [5.41, 5.74) is 14.8. The standard InChI is InChI=1S/C64H46N4/c1-63(2,3)61-49-23-21-40(46-30-44-20-18-42-26-38(36-66)28-54-58(42)60(44)56(34-46)68(54)48-15-11-8-12-16-48)32-52(49)62(64(4,5)6)50-24-22-39(31-51(50)61)45-29-43-19-17-41-25-37(35-65)27-53-57(41)59(43)55(33-45)67(53)47-13-9-7-10-14-47/h7-34H,1-6H3. The lowest BCUT2D eigenvalue weighted by Gasteiger charge is -2.31. The number of nitrogens with zero attached hydrogens (tertiary/aromatic N) is 4. The molecule has 4 nitrogen and oxygen atoms in total. The first-order chi connectivity index (χ1) is 32.9. The Hall–Kier alpha value is -8.44. The first-order valence-electron chi connectivity index (χ1n) is 23.5. The van der Waals surface area contributed by atoms with Gasteiger partial charge in [0.05, 0.1) is 45.3 Å². The van der Waals surface area contributed by atoms with Crippen LogP contribution in [0.25, 0.3) is 120 Å². The molecule has 0 amide bonds. The molecule has 0 unspecified atom stereocenters. The van der Waals surface area contributed by atoms with E-state index >= 15 is 0 Å². The lowest BCUT2D eigenvalue weighted by Crippen LogP contribution is -2.17. The van der Waals surface area contributed by atoms with E-state index in [1.807, 2.05) is 24.3 Å². The van der Waals surface area contributed by atoms with E-state index in [2.05, 4.69) is 208 Å². The Morgan fingerprint density at radius 3 is 1.04 bits per heavy atom. The number of hydrogen-bond donors (Lipinski definition) is 0. The lowest BCUT2D eigenvalue weighted by molar-refractivity contribution is 0.593. The highest BCUT2D eigenvalue weighted by Gasteiger charge is 2.29. The molecule has 0 atom stereocenters. The third-order valence-electron chi connectivity index (χ3n) is 14.5. The average molecular weight is 871 g/mol. The maximum absolute atomic E-state index is 10.1. The number of aromatic nitrogens is 2. The van der Waals surface area contributed by atoms with Crippen molar-refractivity contribution in [3.05, 3.63) is 192 Å². The zero-order chi connectivity index (χ0) is 46.4. The van der Waals surface area contributed by atoms with Crippen LogP contribution in [0.1, 0.15) is 63.8 Å². The zero-order valence-electron chi connectivity index (χ0n) is 39.0. The molecule has 13 aromatic rings. The van der Waals surface area contributed by atoms with Gasteiger partial charge in [0, 0.05) is 32.9 Å². The second-order valence-corrected chi connectivity index (χ2v) is 20.8. The number of para-hydroxylation sites is 2. The van der Waals surface area contributed by atoms with Gasteiger partial charge in [-0.3, -0.25) is 0 Å². The maximum Gasteiger partial charge on any atom is 0.0992 e. The van der Waals surface area contributed by atoms with E-state index in [4.69, 9.17) is 0 Å². The van der Waals surface area contributed by atoms with Crippen LogP contribution in [0.4, 0.5) is 0 Å². The van der Waals surface area contributed by atoms with Crippen molar-refractivity contribution < 1.29 is 0 Å². The Kier molecular flexibility index (Phi) is 8.23. The fourth-order valence-corrected chi connectivity index (χ4v) is 11.9. The Morgan fingerprint density at radius 2 is 0.691 bits per heavy atom. The van der Waals surface area contributed by atoms with Crippen LogP contribution in [0, 0.1) is 22.7 Å². The molecule has 2 aromatic heterocycles. The van der Waals surface area contributed by atoms with Gasteiger partial charge in [0.1, 0.15) is 0 Å². The van der Waals surface area contributed by atoms with Gasteiger partial charge in [0.25, 0.3) is 0 Å². The smallest absolute Gasteiger partial charge is 0.0992 e. The molecular weight excluding hydrogens is 825 g/mol. The van der Waals surface area contributed by atoms with Gasteiger partial charge in [0.15, 0.2) is 0 Å². The maximum atomic E-state index is 10.1. The van der Waals surface area contributed by atoms with Crippen molar-refractivity contribution in [2.75, 3.05) is 0 Å². The Labute approximate surface area is 394 Å². The Morgan fingerprint density at radius 1 is 0.338 bits per heavy atom. The molecule has 0 N–H and O–H groups in total. The monoisotopic (exact) mass is 870 g/mol. The number of hydrogen-bond acceptors (Lipinski definition) is 2. The molecule has 13 rings (SSSR count). The highest BCUT2D eigenvalue weighted by molar-refractivity contribution is 6.27. The van der Waals surface area contributed by atoms with Gasteiger partial charge >= 0.3 is 0 Å². The molecule has 0 radical (unpaired) electrons. The normalized spacial score (nSPS) is 12.5. The Balaban J connectivity index is 1.05. The minimum absolute atomic E-state index is 0.176. The fourth-order valence-electron chi connectivity index (χ4n) is 11.9. The Bertz CT molecular complexity index is 4050.